The van der Waals surface area contributed by atoms with E-state index in [9.17, 15) is 43.2 Å². The first kappa shape index (κ1) is 104. The van der Waals surface area contributed by atoms with Gasteiger partial charge < -0.3 is 33.8 Å². The predicted molar refractivity (Wildman–Crippen MR) is 437 cm³/mol. The Morgan fingerprint density at radius 3 is 0.642 bits per heavy atom. The molecule has 0 aromatic carbocycles. The Hall–Kier alpha value is -1.94. The van der Waals surface area contributed by atoms with Crippen LogP contribution in [0.25, 0.3) is 0 Å². The fourth-order valence-electron chi connectivity index (χ4n) is 13.6. The molecule has 5 atom stereocenters. The summed E-state index contributed by atoms with van der Waals surface area (Å²) < 4.78 is 69.0. The van der Waals surface area contributed by atoms with Gasteiger partial charge in [0.15, 0.2) is 12.2 Å². The van der Waals surface area contributed by atoms with E-state index < -0.39 is 97.5 Å². The van der Waals surface area contributed by atoms with E-state index in [1.54, 1.807) is 0 Å². The maximum absolute atomic E-state index is 13.2. The summed E-state index contributed by atoms with van der Waals surface area (Å²) in [6.45, 7) is 7.38. The number of carbonyl (C=O) groups is 4. The Morgan fingerprint density at radius 2 is 0.434 bits per heavy atom. The van der Waals surface area contributed by atoms with Gasteiger partial charge in [-0.1, -0.05) is 420 Å². The van der Waals surface area contributed by atoms with Gasteiger partial charge in [-0.25, -0.2) is 9.13 Å². The number of esters is 4. The van der Waals surface area contributed by atoms with Crippen LogP contribution in [0.2, 0.25) is 0 Å². The van der Waals surface area contributed by atoms with E-state index in [1.165, 1.54) is 295 Å². The van der Waals surface area contributed by atoms with E-state index in [1.807, 2.05) is 0 Å². The summed E-state index contributed by atoms with van der Waals surface area (Å²) >= 11 is 0. The Kier molecular flexibility index (Phi) is 78.2. The molecular weight excluding hydrogens is 1380 g/mol. The van der Waals surface area contributed by atoms with Crippen molar-refractivity contribution in [1.29, 1.82) is 0 Å². The van der Waals surface area contributed by atoms with Crippen molar-refractivity contribution in [3.8, 4) is 0 Å². The molecule has 0 aromatic heterocycles. The molecule has 0 heterocycles. The average Bonchev–Trinajstić information content (AvgIpc) is 0.908. The number of rotatable bonds is 87. The maximum atomic E-state index is 13.2. The van der Waals surface area contributed by atoms with E-state index in [-0.39, 0.29) is 25.7 Å². The summed E-state index contributed by atoms with van der Waals surface area (Å²) in [5.74, 6) is -1.32. The lowest BCUT2D eigenvalue weighted by molar-refractivity contribution is -0.161. The number of phosphoric ester groups is 2. The van der Waals surface area contributed by atoms with E-state index in [0.29, 0.717) is 25.7 Å². The number of unbranched alkanes of at least 4 members (excludes halogenated alkanes) is 59. The summed E-state index contributed by atoms with van der Waals surface area (Å²) in [6, 6.07) is 0. The number of aliphatic hydroxyl groups excluding tert-OH is 1. The van der Waals surface area contributed by atoms with Crippen molar-refractivity contribution < 1.29 is 80.2 Å². The van der Waals surface area contributed by atoms with Gasteiger partial charge in [0.2, 0.25) is 0 Å². The van der Waals surface area contributed by atoms with E-state index in [4.69, 9.17) is 37.0 Å². The molecule has 19 heteroatoms. The number of hydrogen-bond donors (Lipinski definition) is 3. The molecule has 0 amide bonds. The first-order valence-electron chi connectivity index (χ1n) is 45.1. The number of carbonyl (C=O) groups excluding carboxylic acids is 4. The summed E-state index contributed by atoms with van der Waals surface area (Å²) in [6.07, 6.45) is 73.6. The summed E-state index contributed by atoms with van der Waals surface area (Å²) in [5, 5.41) is 10.7. The van der Waals surface area contributed by atoms with Crippen LogP contribution in [0.5, 0.6) is 0 Å². The molecule has 0 rings (SSSR count). The fourth-order valence-corrected chi connectivity index (χ4v) is 15.2. The lowest BCUT2D eigenvalue weighted by atomic mass is 10.0. The van der Waals surface area contributed by atoms with Gasteiger partial charge in [-0.2, -0.15) is 0 Å². The van der Waals surface area contributed by atoms with Crippen LogP contribution in [0.1, 0.15) is 471 Å². The van der Waals surface area contributed by atoms with Crippen LogP contribution in [0, 0.1) is 5.92 Å². The number of phosphoric acid groups is 2. The standard InChI is InChI=1S/C87H170O17P2/c1-6-9-12-15-18-21-24-27-29-31-32-33-34-35-36-38-41-47-52-57-62-67-72-86(91)103-82(77-98-85(90)71-66-61-56-51-46-40-37-30-28-25-22-19-16-13-10-7-2)78-101-105(93,94)99-74-81(88)75-100-106(95,96)102-79-83(76-97-84(89)70-65-60-55-50-45-39-26-23-20-17-14-11-8-3)104-87(92)73-68-63-58-53-48-43-42-44-49-54-59-64-69-80(4)5/h80-83,88H,6-79H2,1-5H3,(H,93,94)(H,95,96)/t81-,82-,83-/m1/s1. The van der Waals surface area contributed by atoms with E-state index in [0.717, 1.165) is 95.8 Å². The van der Waals surface area contributed by atoms with Crippen LogP contribution in [0.3, 0.4) is 0 Å². The van der Waals surface area contributed by atoms with Crippen LogP contribution >= 0.6 is 15.6 Å². The first-order chi connectivity index (χ1) is 51.5. The zero-order chi connectivity index (χ0) is 77.6. The zero-order valence-corrected chi connectivity index (χ0v) is 71.4. The van der Waals surface area contributed by atoms with Gasteiger partial charge in [-0.3, -0.25) is 37.3 Å². The molecule has 0 saturated heterocycles. The van der Waals surface area contributed by atoms with Crippen molar-refractivity contribution in [2.45, 2.75) is 490 Å². The van der Waals surface area contributed by atoms with E-state index >= 15 is 0 Å². The Labute approximate surface area is 651 Å². The largest absolute Gasteiger partial charge is 0.472 e. The maximum Gasteiger partial charge on any atom is 0.472 e. The minimum absolute atomic E-state index is 0.108. The molecule has 0 spiro atoms. The summed E-state index contributed by atoms with van der Waals surface area (Å²) in [5.41, 5.74) is 0. The highest BCUT2D eigenvalue weighted by molar-refractivity contribution is 7.47. The molecule has 0 fully saturated rings. The van der Waals surface area contributed by atoms with Gasteiger partial charge in [0, 0.05) is 25.7 Å². The van der Waals surface area contributed by atoms with Crippen molar-refractivity contribution in [2.24, 2.45) is 5.92 Å². The third-order valence-electron chi connectivity index (χ3n) is 20.5. The van der Waals surface area contributed by atoms with Crippen LogP contribution in [-0.4, -0.2) is 96.7 Å². The zero-order valence-electron chi connectivity index (χ0n) is 69.6. The normalized spacial score (nSPS) is 13.7. The fraction of sp³-hybridized carbons (Fsp3) is 0.954. The van der Waals surface area contributed by atoms with Gasteiger partial charge in [-0.05, 0) is 31.6 Å². The smallest absolute Gasteiger partial charge is 0.462 e. The average molecular weight is 1550 g/mol. The molecule has 0 aliphatic heterocycles. The molecule has 0 saturated carbocycles. The molecule has 3 N–H and O–H groups in total. The molecular formula is C87H170O17P2. The molecule has 2 unspecified atom stereocenters. The van der Waals surface area contributed by atoms with Gasteiger partial charge in [0.05, 0.1) is 26.4 Å². The van der Waals surface area contributed by atoms with Crippen molar-refractivity contribution in [3.05, 3.63) is 0 Å². The molecule has 17 nitrogen and oxygen atoms in total. The van der Waals surface area contributed by atoms with Gasteiger partial charge in [0.25, 0.3) is 0 Å². The van der Waals surface area contributed by atoms with Crippen LogP contribution < -0.4 is 0 Å². The highest BCUT2D eigenvalue weighted by atomic mass is 31.2. The first-order valence-corrected chi connectivity index (χ1v) is 48.1. The molecule has 106 heavy (non-hydrogen) atoms. The van der Waals surface area contributed by atoms with Crippen molar-refractivity contribution in [1.82, 2.24) is 0 Å². The van der Waals surface area contributed by atoms with Gasteiger partial charge in [0.1, 0.15) is 19.3 Å². The Bertz CT molecular complexity index is 2010. The summed E-state index contributed by atoms with van der Waals surface area (Å²) in [4.78, 5) is 73.3. The second-order valence-electron chi connectivity index (χ2n) is 31.8. The van der Waals surface area contributed by atoms with Crippen molar-refractivity contribution >= 4 is 39.5 Å². The molecule has 0 aliphatic carbocycles. The third-order valence-corrected chi connectivity index (χ3v) is 22.4. The second kappa shape index (κ2) is 79.7. The van der Waals surface area contributed by atoms with Crippen molar-refractivity contribution in [3.63, 3.8) is 0 Å². The predicted octanol–water partition coefficient (Wildman–Crippen LogP) is 26.8. The SMILES string of the molecule is CCCCCCCCCCCCCCCCCCCCCCCCC(=O)O[C@H](COC(=O)CCCCCCCCCCCCCCCCCC)COP(=O)(O)OC[C@@H](O)COP(=O)(O)OC[C@@H](COC(=O)CCCCCCCCCCCCCCC)OC(=O)CCCCCCCCCCCCCCC(C)C. The van der Waals surface area contributed by atoms with Crippen LogP contribution in [0.15, 0.2) is 0 Å². The topological polar surface area (TPSA) is 237 Å². The van der Waals surface area contributed by atoms with Crippen molar-refractivity contribution in [2.75, 3.05) is 39.6 Å². The Morgan fingerprint density at radius 1 is 0.255 bits per heavy atom. The Balaban J connectivity index is 5.24. The number of aliphatic hydroxyl groups is 1. The van der Waals surface area contributed by atoms with Gasteiger partial charge in [-0.15, -0.1) is 0 Å². The molecule has 0 radical (unpaired) electrons. The monoisotopic (exact) mass is 1550 g/mol. The molecule has 0 aliphatic rings. The third kappa shape index (κ3) is 80.1. The van der Waals surface area contributed by atoms with Crippen LogP contribution in [-0.2, 0) is 65.4 Å². The lowest BCUT2D eigenvalue weighted by Crippen LogP contribution is -2.30. The highest BCUT2D eigenvalue weighted by Crippen LogP contribution is 2.45. The van der Waals surface area contributed by atoms with E-state index in [2.05, 4.69) is 34.6 Å². The summed E-state index contributed by atoms with van der Waals surface area (Å²) in [7, 11) is -9.93. The minimum atomic E-state index is -4.97. The van der Waals surface area contributed by atoms with Crippen LogP contribution in [0.4, 0.5) is 0 Å². The number of hydrogen-bond acceptors (Lipinski definition) is 15. The number of ether oxygens (including phenoxy) is 4. The quantitative estimate of drug-likeness (QED) is 0.0222. The lowest BCUT2D eigenvalue weighted by Gasteiger charge is -2.21. The molecule has 0 aromatic rings. The second-order valence-corrected chi connectivity index (χ2v) is 34.7. The molecule has 630 valence electrons. The molecule has 0 bridgehead atoms. The highest BCUT2D eigenvalue weighted by Gasteiger charge is 2.30. The minimum Gasteiger partial charge on any atom is -0.462 e. The van der Waals surface area contributed by atoms with Gasteiger partial charge >= 0.3 is 39.5 Å².